The normalized spacial score (nSPS) is 17.4. The molecule has 1 aliphatic rings. The second-order valence-corrected chi connectivity index (χ2v) is 6.92. The number of likely N-dealkylation sites (tertiary alicyclic amines) is 1. The SMILES string of the molecule is CN1CCC(Oc2ccc(-n3c(-c4nonc4N)nc4cnccc43)cc2)C1. The van der Waals surface area contributed by atoms with Crippen molar-refractivity contribution >= 4 is 16.9 Å². The predicted molar refractivity (Wildman–Crippen MR) is 103 cm³/mol. The first-order chi connectivity index (χ1) is 13.7. The van der Waals surface area contributed by atoms with Gasteiger partial charge in [-0.25, -0.2) is 9.61 Å². The van der Waals surface area contributed by atoms with Crippen molar-refractivity contribution in [3.8, 4) is 23.0 Å². The molecule has 1 aromatic carbocycles. The van der Waals surface area contributed by atoms with Crippen LogP contribution in [0, 0.1) is 0 Å². The molecule has 0 spiro atoms. The van der Waals surface area contributed by atoms with E-state index >= 15 is 0 Å². The maximum atomic E-state index is 6.09. The van der Waals surface area contributed by atoms with Crippen LogP contribution in [0.3, 0.4) is 0 Å². The molecule has 0 saturated carbocycles. The molecule has 4 aromatic rings. The van der Waals surface area contributed by atoms with E-state index in [1.807, 2.05) is 34.9 Å². The molecule has 1 saturated heterocycles. The third-order valence-electron chi connectivity index (χ3n) is 4.93. The number of anilines is 1. The van der Waals surface area contributed by atoms with Crippen molar-refractivity contribution in [3.05, 3.63) is 42.7 Å². The van der Waals surface area contributed by atoms with Crippen LogP contribution in [0.2, 0.25) is 0 Å². The van der Waals surface area contributed by atoms with Gasteiger partial charge in [0, 0.05) is 25.0 Å². The molecule has 5 rings (SSSR count). The lowest BCUT2D eigenvalue weighted by Crippen LogP contribution is -2.21. The quantitative estimate of drug-likeness (QED) is 0.576. The Labute approximate surface area is 160 Å². The van der Waals surface area contributed by atoms with E-state index in [9.17, 15) is 0 Å². The largest absolute Gasteiger partial charge is 0.489 e. The molecule has 1 aliphatic heterocycles. The van der Waals surface area contributed by atoms with Crippen molar-refractivity contribution < 1.29 is 9.37 Å². The van der Waals surface area contributed by atoms with Gasteiger partial charge in [0.15, 0.2) is 17.3 Å². The fourth-order valence-corrected chi connectivity index (χ4v) is 3.56. The number of nitrogens with two attached hydrogens (primary N) is 1. The number of aromatic nitrogens is 5. The van der Waals surface area contributed by atoms with Crippen molar-refractivity contribution in [2.45, 2.75) is 12.5 Å². The van der Waals surface area contributed by atoms with Gasteiger partial charge in [0.25, 0.3) is 0 Å². The average molecular weight is 377 g/mol. The third-order valence-corrected chi connectivity index (χ3v) is 4.93. The van der Waals surface area contributed by atoms with Crippen molar-refractivity contribution in [2.24, 2.45) is 0 Å². The number of hydrogen-bond acceptors (Lipinski definition) is 8. The average Bonchev–Trinajstić information content (AvgIpc) is 3.40. The Bertz CT molecular complexity index is 1120. The molecule has 0 amide bonds. The van der Waals surface area contributed by atoms with Gasteiger partial charge >= 0.3 is 0 Å². The topological polar surface area (TPSA) is 108 Å². The smallest absolute Gasteiger partial charge is 0.199 e. The van der Waals surface area contributed by atoms with Crippen molar-refractivity contribution in [2.75, 3.05) is 25.9 Å². The van der Waals surface area contributed by atoms with Crippen LogP contribution in [0.4, 0.5) is 5.82 Å². The highest BCUT2D eigenvalue weighted by atomic mass is 16.6. The maximum absolute atomic E-state index is 6.09. The predicted octanol–water partition coefficient (Wildman–Crippen LogP) is 2.14. The molecule has 1 atom stereocenters. The zero-order chi connectivity index (χ0) is 19.1. The van der Waals surface area contributed by atoms with Crippen molar-refractivity contribution in [1.82, 2.24) is 29.7 Å². The zero-order valence-corrected chi connectivity index (χ0v) is 15.3. The van der Waals surface area contributed by atoms with Gasteiger partial charge in [0.05, 0.1) is 11.7 Å². The van der Waals surface area contributed by atoms with Crippen LogP contribution >= 0.6 is 0 Å². The minimum absolute atomic E-state index is 0.190. The number of imidazole rings is 1. The van der Waals surface area contributed by atoms with Gasteiger partial charge in [-0.2, -0.15) is 0 Å². The molecule has 9 heteroatoms. The summed E-state index contributed by atoms with van der Waals surface area (Å²) in [5.74, 6) is 1.59. The number of nitrogen functional groups attached to an aromatic ring is 1. The summed E-state index contributed by atoms with van der Waals surface area (Å²) in [6, 6.07) is 9.81. The van der Waals surface area contributed by atoms with Gasteiger partial charge in [0.1, 0.15) is 17.4 Å². The number of hydrogen-bond donors (Lipinski definition) is 1. The van der Waals surface area contributed by atoms with Crippen molar-refractivity contribution in [1.29, 1.82) is 0 Å². The Hall–Kier alpha value is -3.46. The number of likely N-dealkylation sites (N-methyl/N-ethyl adjacent to an activating group) is 1. The summed E-state index contributed by atoms with van der Waals surface area (Å²) in [5, 5.41) is 7.59. The van der Waals surface area contributed by atoms with Crippen molar-refractivity contribution in [3.63, 3.8) is 0 Å². The molecule has 3 aromatic heterocycles. The Morgan fingerprint density at radius 2 is 2.04 bits per heavy atom. The van der Waals surface area contributed by atoms with Crippen LogP contribution in [0.1, 0.15) is 6.42 Å². The van der Waals surface area contributed by atoms with E-state index in [-0.39, 0.29) is 11.9 Å². The minimum Gasteiger partial charge on any atom is -0.489 e. The van der Waals surface area contributed by atoms with E-state index in [0.717, 1.165) is 42.0 Å². The Morgan fingerprint density at radius 3 is 2.75 bits per heavy atom. The number of fused-ring (bicyclic) bond motifs is 1. The number of ether oxygens (including phenoxy) is 1. The molecule has 1 fully saturated rings. The number of pyridine rings is 1. The van der Waals surface area contributed by atoms with Gasteiger partial charge in [-0.1, -0.05) is 0 Å². The van der Waals surface area contributed by atoms with Crippen LogP contribution in [0.15, 0.2) is 47.4 Å². The molecule has 28 heavy (non-hydrogen) atoms. The van der Waals surface area contributed by atoms with Crippen LogP contribution in [-0.2, 0) is 0 Å². The van der Waals surface area contributed by atoms with E-state index in [0.29, 0.717) is 11.5 Å². The minimum atomic E-state index is 0.190. The molecule has 4 heterocycles. The van der Waals surface area contributed by atoms with Crippen LogP contribution in [0.5, 0.6) is 5.75 Å². The summed E-state index contributed by atoms with van der Waals surface area (Å²) >= 11 is 0. The molecule has 0 radical (unpaired) electrons. The Morgan fingerprint density at radius 1 is 1.18 bits per heavy atom. The van der Waals surface area contributed by atoms with E-state index < -0.39 is 0 Å². The summed E-state index contributed by atoms with van der Waals surface area (Å²) in [4.78, 5) is 11.1. The lowest BCUT2D eigenvalue weighted by Gasteiger charge is -2.14. The zero-order valence-electron chi connectivity index (χ0n) is 15.3. The van der Waals surface area contributed by atoms with E-state index in [1.54, 1.807) is 12.4 Å². The molecule has 2 N–H and O–H groups in total. The fraction of sp³-hybridized carbons (Fsp3) is 0.263. The summed E-state index contributed by atoms with van der Waals surface area (Å²) < 4.78 is 12.8. The van der Waals surface area contributed by atoms with Crippen LogP contribution < -0.4 is 10.5 Å². The Kier molecular flexibility index (Phi) is 3.94. The number of rotatable bonds is 4. The fourth-order valence-electron chi connectivity index (χ4n) is 3.56. The lowest BCUT2D eigenvalue weighted by atomic mass is 10.2. The van der Waals surface area contributed by atoms with Gasteiger partial charge in [-0.3, -0.25) is 9.55 Å². The number of benzene rings is 1. The summed E-state index contributed by atoms with van der Waals surface area (Å²) in [6.07, 6.45) is 4.70. The van der Waals surface area contributed by atoms with E-state index in [2.05, 4.69) is 32.2 Å². The first-order valence-electron chi connectivity index (χ1n) is 9.05. The molecular formula is C19H19N7O2. The summed E-state index contributed by atoms with van der Waals surface area (Å²) in [5.41, 5.74) is 8.82. The summed E-state index contributed by atoms with van der Waals surface area (Å²) in [7, 11) is 2.11. The van der Waals surface area contributed by atoms with Crippen LogP contribution in [0.25, 0.3) is 28.2 Å². The van der Waals surface area contributed by atoms with E-state index in [1.165, 1.54) is 0 Å². The molecule has 0 aliphatic carbocycles. The standard InChI is InChI=1S/C19H19N7O2/c1-25-9-7-14(11-25)27-13-4-2-12(3-5-13)26-16-6-8-21-10-15(16)22-19(26)17-18(20)24-28-23-17/h2-6,8,10,14H,7,9,11H2,1H3,(H2,20,24). The maximum Gasteiger partial charge on any atom is 0.199 e. The van der Waals surface area contributed by atoms with Crippen LogP contribution in [-0.4, -0.2) is 56.0 Å². The second-order valence-electron chi connectivity index (χ2n) is 6.92. The first-order valence-corrected chi connectivity index (χ1v) is 9.05. The lowest BCUT2D eigenvalue weighted by molar-refractivity contribution is 0.208. The highest BCUT2D eigenvalue weighted by Crippen LogP contribution is 2.30. The van der Waals surface area contributed by atoms with Gasteiger partial charge in [-0.05, 0) is 54.1 Å². The molecular weight excluding hydrogens is 358 g/mol. The number of nitrogens with zero attached hydrogens (tertiary/aromatic N) is 6. The van der Waals surface area contributed by atoms with Gasteiger partial charge in [-0.15, -0.1) is 0 Å². The second kappa shape index (κ2) is 6.61. The molecule has 142 valence electrons. The van der Waals surface area contributed by atoms with Gasteiger partial charge < -0.3 is 15.4 Å². The first kappa shape index (κ1) is 16.7. The molecule has 9 nitrogen and oxygen atoms in total. The summed E-state index contributed by atoms with van der Waals surface area (Å²) in [6.45, 7) is 2.01. The molecule has 0 bridgehead atoms. The highest BCUT2D eigenvalue weighted by Gasteiger charge is 2.22. The highest BCUT2D eigenvalue weighted by molar-refractivity contribution is 5.83. The van der Waals surface area contributed by atoms with Gasteiger partial charge in [0.2, 0.25) is 0 Å². The monoisotopic (exact) mass is 377 g/mol. The third kappa shape index (κ3) is 2.85. The Balaban J connectivity index is 1.54. The molecule has 1 unspecified atom stereocenters. The van der Waals surface area contributed by atoms with E-state index in [4.69, 9.17) is 15.1 Å².